The van der Waals surface area contributed by atoms with Crippen molar-refractivity contribution in [2.24, 2.45) is 0 Å². The maximum atomic E-state index is 13.3. The molecule has 2 amide bonds. The van der Waals surface area contributed by atoms with E-state index in [0.29, 0.717) is 11.3 Å². The fourth-order valence-corrected chi connectivity index (χ4v) is 5.04. The number of para-hydroxylation sites is 1. The van der Waals surface area contributed by atoms with E-state index in [-0.39, 0.29) is 23.6 Å². The molecule has 7 heteroatoms. The van der Waals surface area contributed by atoms with Crippen LogP contribution in [0, 0.1) is 0 Å². The lowest BCUT2D eigenvalue weighted by atomic mass is 10.0. The number of aromatic nitrogens is 1. The molecular weight excluding hydrogens is 410 g/mol. The van der Waals surface area contributed by atoms with Crippen molar-refractivity contribution in [3.8, 4) is 0 Å². The number of piperidine rings is 1. The number of nitrogens with one attached hydrogen (secondary N) is 1. The highest BCUT2D eigenvalue weighted by molar-refractivity contribution is 7.18. The predicted molar refractivity (Wildman–Crippen MR) is 120 cm³/mol. The summed E-state index contributed by atoms with van der Waals surface area (Å²) in [7, 11) is 0. The van der Waals surface area contributed by atoms with Gasteiger partial charge < -0.3 is 14.6 Å². The molecule has 0 spiro atoms. The lowest BCUT2D eigenvalue weighted by molar-refractivity contribution is 0.0611. The number of amides is 2. The number of likely N-dealkylation sites (tertiary alicyclic amines) is 1. The zero-order chi connectivity index (χ0) is 21.2. The Bertz CT molecular complexity index is 1180. The van der Waals surface area contributed by atoms with Gasteiger partial charge in [0.2, 0.25) is 0 Å². The molecule has 5 rings (SSSR count). The number of anilines is 1. The van der Waals surface area contributed by atoms with Crippen LogP contribution < -0.4 is 5.32 Å². The highest BCUT2D eigenvalue weighted by atomic mass is 32.1. The first-order valence-corrected chi connectivity index (χ1v) is 11.1. The van der Waals surface area contributed by atoms with Gasteiger partial charge in [-0.2, -0.15) is 0 Å². The van der Waals surface area contributed by atoms with Gasteiger partial charge in [-0.25, -0.2) is 4.98 Å². The molecule has 1 aliphatic rings. The standard InChI is InChI=1S/C24H21N3O3S/c28-22(20-8-5-15-30-20)25-17-12-10-16(11-13-17)24(29)27-14-4-3-7-19(27)23-26-18-6-1-2-9-21(18)31-23/h1-2,5-6,8-13,15,19H,3-4,7,14H2,(H,25,28). The van der Waals surface area contributed by atoms with E-state index in [9.17, 15) is 9.59 Å². The molecule has 2 aromatic carbocycles. The highest BCUT2D eigenvalue weighted by Crippen LogP contribution is 2.36. The molecule has 1 N–H and O–H groups in total. The van der Waals surface area contributed by atoms with E-state index in [0.717, 1.165) is 41.0 Å². The largest absolute Gasteiger partial charge is 0.459 e. The Kier molecular flexibility index (Phi) is 5.26. The Morgan fingerprint density at radius 3 is 2.65 bits per heavy atom. The van der Waals surface area contributed by atoms with Gasteiger partial charge in [-0.3, -0.25) is 9.59 Å². The lowest BCUT2D eigenvalue weighted by Crippen LogP contribution is -2.38. The van der Waals surface area contributed by atoms with Gasteiger partial charge in [0.1, 0.15) is 5.01 Å². The lowest BCUT2D eigenvalue weighted by Gasteiger charge is -2.34. The quantitative estimate of drug-likeness (QED) is 0.462. The van der Waals surface area contributed by atoms with E-state index in [1.807, 2.05) is 23.1 Å². The summed E-state index contributed by atoms with van der Waals surface area (Å²) in [5.41, 5.74) is 2.19. The average Bonchev–Trinajstić information content (AvgIpc) is 3.49. The topological polar surface area (TPSA) is 75.4 Å². The van der Waals surface area contributed by atoms with E-state index in [1.165, 1.54) is 6.26 Å². The van der Waals surface area contributed by atoms with Crippen LogP contribution in [0.5, 0.6) is 0 Å². The average molecular weight is 432 g/mol. The van der Waals surface area contributed by atoms with Crippen LogP contribution in [-0.4, -0.2) is 28.2 Å². The number of thiazole rings is 1. The molecule has 1 unspecified atom stereocenters. The van der Waals surface area contributed by atoms with Crippen LogP contribution in [0.25, 0.3) is 10.2 Å². The second kappa shape index (κ2) is 8.35. The smallest absolute Gasteiger partial charge is 0.291 e. The van der Waals surface area contributed by atoms with E-state index in [1.54, 1.807) is 47.7 Å². The molecule has 0 radical (unpaired) electrons. The van der Waals surface area contributed by atoms with Crippen LogP contribution in [0.4, 0.5) is 5.69 Å². The summed E-state index contributed by atoms with van der Waals surface area (Å²) in [5, 5.41) is 3.77. The summed E-state index contributed by atoms with van der Waals surface area (Å²) >= 11 is 1.67. The zero-order valence-electron chi connectivity index (χ0n) is 16.8. The van der Waals surface area contributed by atoms with Crippen molar-refractivity contribution in [1.82, 2.24) is 9.88 Å². The zero-order valence-corrected chi connectivity index (χ0v) is 17.6. The van der Waals surface area contributed by atoms with Crippen molar-refractivity contribution >= 4 is 39.1 Å². The van der Waals surface area contributed by atoms with Gasteiger partial charge in [-0.15, -0.1) is 11.3 Å². The number of rotatable bonds is 4. The maximum absolute atomic E-state index is 13.3. The number of furan rings is 1. The third-order valence-electron chi connectivity index (χ3n) is 5.49. The molecule has 3 heterocycles. The minimum absolute atomic E-state index is 0.00279. The summed E-state index contributed by atoms with van der Waals surface area (Å²) in [6, 6.07) is 18.3. The fourth-order valence-electron chi connectivity index (χ4n) is 3.93. The molecule has 156 valence electrons. The number of carbonyl (C=O) groups excluding carboxylic acids is 2. The second-order valence-electron chi connectivity index (χ2n) is 7.54. The molecule has 6 nitrogen and oxygen atoms in total. The SMILES string of the molecule is O=C(Nc1ccc(C(=O)N2CCCCC2c2nc3ccccc3s2)cc1)c1ccco1. The molecule has 1 saturated heterocycles. The van der Waals surface area contributed by atoms with Gasteiger partial charge in [-0.1, -0.05) is 12.1 Å². The van der Waals surface area contributed by atoms with E-state index in [2.05, 4.69) is 11.4 Å². The fraction of sp³-hybridized carbons (Fsp3) is 0.208. The van der Waals surface area contributed by atoms with Gasteiger partial charge in [0.25, 0.3) is 11.8 Å². The summed E-state index contributed by atoms with van der Waals surface area (Å²) in [6.07, 6.45) is 4.45. The van der Waals surface area contributed by atoms with Crippen molar-refractivity contribution in [2.75, 3.05) is 11.9 Å². The maximum Gasteiger partial charge on any atom is 0.291 e. The van der Waals surface area contributed by atoms with Gasteiger partial charge in [0.05, 0.1) is 22.5 Å². The molecule has 1 fully saturated rings. The Labute approximate surface area is 183 Å². The molecule has 0 aliphatic carbocycles. The van der Waals surface area contributed by atoms with Crippen LogP contribution in [0.1, 0.15) is 51.2 Å². The number of benzene rings is 2. The van der Waals surface area contributed by atoms with Crippen LogP contribution in [0.2, 0.25) is 0 Å². The summed E-state index contributed by atoms with van der Waals surface area (Å²) in [5.74, 6) is -0.0870. The van der Waals surface area contributed by atoms with Gasteiger partial charge in [0, 0.05) is 17.8 Å². The minimum atomic E-state index is -0.323. The Hall–Kier alpha value is -3.45. The Morgan fingerprint density at radius 2 is 1.87 bits per heavy atom. The molecule has 0 bridgehead atoms. The highest BCUT2D eigenvalue weighted by Gasteiger charge is 2.31. The van der Waals surface area contributed by atoms with Gasteiger partial charge in [-0.05, 0) is 67.8 Å². The number of fused-ring (bicyclic) bond motifs is 1. The number of carbonyl (C=O) groups is 2. The van der Waals surface area contributed by atoms with Gasteiger partial charge in [0.15, 0.2) is 5.76 Å². The minimum Gasteiger partial charge on any atom is -0.459 e. The normalized spacial score (nSPS) is 16.4. The van der Waals surface area contributed by atoms with Crippen LogP contribution >= 0.6 is 11.3 Å². The third-order valence-corrected chi connectivity index (χ3v) is 6.63. The van der Waals surface area contributed by atoms with E-state index < -0.39 is 0 Å². The molecular formula is C24H21N3O3S. The summed E-state index contributed by atoms with van der Waals surface area (Å²) < 4.78 is 6.25. The second-order valence-corrected chi connectivity index (χ2v) is 8.60. The van der Waals surface area contributed by atoms with Crippen LogP contribution in [0.15, 0.2) is 71.3 Å². The van der Waals surface area contributed by atoms with Crippen molar-refractivity contribution < 1.29 is 14.0 Å². The summed E-state index contributed by atoms with van der Waals surface area (Å²) in [4.78, 5) is 32.2. The molecule has 0 saturated carbocycles. The molecule has 1 atom stereocenters. The van der Waals surface area contributed by atoms with E-state index >= 15 is 0 Å². The van der Waals surface area contributed by atoms with Crippen molar-refractivity contribution in [1.29, 1.82) is 0 Å². The first-order chi connectivity index (χ1) is 15.2. The summed E-state index contributed by atoms with van der Waals surface area (Å²) in [6.45, 7) is 0.719. The predicted octanol–water partition coefficient (Wildman–Crippen LogP) is 5.51. The molecule has 2 aromatic heterocycles. The Morgan fingerprint density at radius 1 is 1.03 bits per heavy atom. The number of hydrogen-bond acceptors (Lipinski definition) is 5. The molecule has 4 aromatic rings. The van der Waals surface area contributed by atoms with Crippen LogP contribution in [-0.2, 0) is 0 Å². The monoisotopic (exact) mass is 431 g/mol. The van der Waals surface area contributed by atoms with E-state index in [4.69, 9.17) is 9.40 Å². The molecule has 31 heavy (non-hydrogen) atoms. The number of hydrogen-bond donors (Lipinski definition) is 1. The Balaban J connectivity index is 1.34. The first-order valence-electron chi connectivity index (χ1n) is 10.3. The first kappa shape index (κ1) is 19.5. The van der Waals surface area contributed by atoms with Crippen molar-refractivity contribution in [3.63, 3.8) is 0 Å². The third kappa shape index (κ3) is 3.96. The van der Waals surface area contributed by atoms with Crippen LogP contribution in [0.3, 0.4) is 0 Å². The van der Waals surface area contributed by atoms with Crippen molar-refractivity contribution in [3.05, 3.63) is 83.3 Å². The molecule has 1 aliphatic heterocycles. The van der Waals surface area contributed by atoms with Gasteiger partial charge >= 0.3 is 0 Å². The van der Waals surface area contributed by atoms with Crippen molar-refractivity contribution in [2.45, 2.75) is 25.3 Å². The number of nitrogens with zero attached hydrogens (tertiary/aromatic N) is 2.